The predicted octanol–water partition coefficient (Wildman–Crippen LogP) is 5.07. The van der Waals surface area contributed by atoms with Gasteiger partial charge >= 0.3 is 5.97 Å². The number of carbonyl (C=O) groups excluding carboxylic acids is 1. The quantitative estimate of drug-likeness (QED) is 0.409. The zero-order valence-corrected chi connectivity index (χ0v) is 21.9. The topological polar surface area (TPSA) is 98.9 Å². The van der Waals surface area contributed by atoms with E-state index in [1.165, 1.54) is 11.4 Å². The number of esters is 1. The molecule has 0 radical (unpaired) electrons. The molecule has 1 aromatic heterocycles. The summed E-state index contributed by atoms with van der Waals surface area (Å²) >= 11 is 0. The summed E-state index contributed by atoms with van der Waals surface area (Å²) in [5.41, 5.74) is 4.78. The Kier molecular flexibility index (Phi) is 7.21. The zero-order chi connectivity index (χ0) is 26.0. The van der Waals surface area contributed by atoms with Gasteiger partial charge in [0, 0.05) is 12.0 Å². The Morgan fingerprint density at radius 1 is 1.19 bits per heavy atom. The maximum Gasteiger partial charge on any atom is 0.305 e. The molecule has 36 heavy (non-hydrogen) atoms. The third kappa shape index (κ3) is 5.16. The Morgan fingerprint density at radius 3 is 2.64 bits per heavy atom. The van der Waals surface area contributed by atoms with Crippen LogP contribution in [0.2, 0.25) is 0 Å². The molecule has 1 aliphatic heterocycles. The van der Waals surface area contributed by atoms with Crippen molar-refractivity contribution >= 4 is 33.3 Å². The van der Waals surface area contributed by atoms with Gasteiger partial charge in [-0.25, -0.2) is 8.42 Å². The van der Waals surface area contributed by atoms with E-state index >= 15 is 0 Å². The van der Waals surface area contributed by atoms with Crippen LogP contribution in [-0.2, 0) is 19.6 Å². The number of hydrogen-bond acceptors (Lipinski definition) is 7. The number of methoxy groups -OCH3 is 1. The van der Waals surface area contributed by atoms with Gasteiger partial charge in [-0.15, -0.1) is 0 Å². The monoisotopic (exact) mass is 510 g/mol. The molecule has 0 fully saturated rings. The Hall–Kier alpha value is -3.59. The van der Waals surface area contributed by atoms with Gasteiger partial charge in [0.15, 0.2) is 0 Å². The van der Waals surface area contributed by atoms with E-state index in [1.54, 1.807) is 30.3 Å². The molecular formula is C27H30N2O6S. The molecular weight excluding hydrogens is 480 g/mol. The number of aromatic nitrogens is 1. The first-order valence-electron chi connectivity index (χ1n) is 11.7. The van der Waals surface area contributed by atoms with Crippen molar-refractivity contribution in [2.75, 3.05) is 18.0 Å². The Bertz CT molecular complexity index is 1400. The van der Waals surface area contributed by atoms with Crippen LogP contribution in [0.15, 0.2) is 51.9 Å². The fourth-order valence-corrected chi connectivity index (χ4v) is 6.05. The third-order valence-electron chi connectivity index (χ3n) is 6.20. The molecule has 9 heteroatoms. The molecule has 8 nitrogen and oxygen atoms in total. The first-order valence-corrected chi connectivity index (χ1v) is 13.1. The molecule has 3 aromatic rings. The van der Waals surface area contributed by atoms with E-state index in [0.717, 1.165) is 33.7 Å². The average molecular weight is 511 g/mol. The second kappa shape index (κ2) is 10.2. The first kappa shape index (κ1) is 25.5. The van der Waals surface area contributed by atoms with Gasteiger partial charge in [0.25, 0.3) is 10.0 Å². The average Bonchev–Trinajstić information content (AvgIpc) is 3.19. The summed E-state index contributed by atoms with van der Waals surface area (Å²) in [6.45, 7) is 7.64. The van der Waals surface area contributed by atoms with E-state index in [2.05, 4.69) is 5.16 Å². The fraction of sp³-hybridized carbons (Fsp3) is 0.333. The Labute approximate surface area is 211 Å². The van der Waals surface area contributed by atoms with Gasteiger partial charge in [-0.2, -0.15) is 0 Å². The Balaban J connectivity index is 1.76. The molecule has 0 saturated heterocycles. The molecule has 0 unspecified atom stereocenters. The molecule has 0 N–H and O–H groups in total. The highest BCUT2D eigenvalue weighted by molar-refractivity contribution is 7.92. The number of carbonyl (C=O) groups is 1. The lowest BCUT2D eigenvalue weighted by atomic mass is 10.0. The molecule has 4 rings (SSSR count). The van der Waals surface area contributed by atoms with Crippen LogP contribution in [0.1, 0.15) is 47.9 Å². The summed E-state index contributed by atoms with van der Waals surface area (Å²) in [6.07, 6.45) is 1.93. The summed E-state index contributed by atoms with van der Waals surface area (Å²) in [5, 5.41) is 4.02. The van der Waals surface area contributed by atoms with Crippen LogP contribution in [-0.4, -0.2) is 39.3 Å². The highest BCUT2D eigenvalue weighted by atomic mass is 32.2. The van der Waals surface area contributed by atoms with Crippen molar-refractivity contribution < 1.29 is 27.2 Å². The molecule has 0 aliphatic carbocycles. The van der Waals surface area contributed by atoms with E-state index in [0.29, 0.717) is 17.9 Å². The lowest BCUT2D eigenvalue weighted by molar-refractivity contribution is -0.141. The van der Waals surface area contributed by atoms with E-state index < -0.39 is 16.1 Å². The lowest BCUT2D eigenvalue weighted by Gasteiger charge is -2.35. The number of anilines is 1. The molecule has 1 atom stereocenters. The molecule has 0 spiro atoms. The third-order valence-corrected chi connectivity index (χ3v) is 7.98. The van der Waals surface area contributed by atoms with Crippen molar-refractivity contribution in [1.29, 1.82) is 0 Å². The minimum atomic E-state index is -3.89. The van der Waals surface area contributed by atoms with Gasteiger partial charge in [-0.05, 0) is 75.1 Å². The lowest BCUT2D eigenvalue weighted by Crippen LogP contribution is -2.43. The van der Waals surface area contributed by atoms with Gasteiger partial charge in [0.1, 0.15) is 17.6 Å². The maximum absolute atomic E-state index is 13.8. The second-order valence-corrected chi connectivity index (χ2v) is 10.8. The molecule has 0 bridgehead atoms. The highest BCUT2D eigenvalue weighted by Gasteiger charge is 2.35. The van der Waals surface area contributed by atoms with Gasteiger partial charge in [0.2, 0.25) is 0 Å². The maximum atomic E-state index is 13.8. The number of nitrogens with zero attached hydrogens (tertiary/aromatic N) is 2. The van der Waals surface area contributed by atoms with Crippen LogP contribution in [0.3, 0.4) is 0 Å². The van der Waals surface area contributed by atoms with Crippen molar-refractivity contribution in [3.8, 4) is 5.75 Å². The minimum Gasteiger partial charge on any atom is -0.486 e. The minimum absolute atomic E-state index is 0.0796. The summed E-state index contributed by atoms with van der Waals surface area (Å²) in [7, 11) is -2.56. The molecule has 0 saturated carbocycles. The van der Waals surface area contributed by atoms with Crippen molar-refractivity contribution in [2.45, 2.75) is 51.5 Å². The molecule has 1 aliphatic rings. The summed E-state index contributed by atoms with van der Waals surface area (Å²) in [5.74, 6) is 0.798. The fourth-order valence-electron chi connectivity index (χ4n) is 4.45. The van der Waals surface area contributed by atoms with Crippen LogP contribution in [0.4, 0.5) is 5.69 Å². The molecule has 190 valence electrons. The number of benzene rings is 2. The number of hydrogen-bond donors (Lipinski definition) is 0. The predicted molar refractivity (Wildman–Crippen MR) is 137 cm³/mol. The number of sulfonamides is 1. The van der Waals surface area contributed by atoms with E-state index in [9.17, 15) is 13.2 Å². The number of aryl methyl sites for hydroxylation is 3. The van der Waals surface area contributed by atoms with Gasteiger partial charge in [-0.1, -0.05) is 29.4 Å². The van der Waals surface area contributed by atoms with Crippen LogP contribution in [0.5, 0.6) is 5.75 Å². The van der Waals surface area contributed by atoms with Crippen molar-refractivity contribution in [3.05, 3.63) is 70.6 Å². The van der Waals surface area contributed by atoms with Crippen molar-refractivity contribution in [1.82, 2.24) is 5.16 Å². The largest absolute Gasteiger partial charge is 0.486 e. The summed E-state index contributed by atoms with van der Waals surface area (Å²) in [6, 6.07) is 12.3. The summed E-state index contributed by atoms with van der Waals surface area (Å²) < 4.78 is 45.1. The van der Waals surface area contributed by atoms with Gasteiger partial charge in [-0.3, -0.25) is 9.10 Å². The number of ether oxygens (including phenoxy) is 2. The number of allylic oxidation sites excluding steroid dienone is 1. The molecule has 2 heterocycles. The SMILES string of the molecule is COC(=O)CC[C@H]1CN(S(=O)(=O)c2cccc(C)c2)c2cc(/C=C(\C)c3c(C)noc3C)ccc2O1. The standard InChI is InChI=1S/C27H30N2O6S/c1-17-7-6-8-23(13-17)36(31,32)29-16-22(10-12-26(30)33-5)34-25-11-9-21(15-24(25)29)14-18(2)27-19(3)28-35-20(27)4/h6-9,11,13-15,22H,10,12,16H2,1-5H3/b18-14+/t22-/m0/s1. The van der Waals surface area contributed by atoms with E-state index in [1.807, 2.05) is 45.9 Å². The first-order chi connectivity index (χ1) is 17.1. The molecule has 0 amide bonds. The Morgan fingerprint density at radius 2 is 1.97 bits per heavy atom. The van der Waals surface area contributed by atoms with Crippen LogP contribution < -0.4 is 9.04 Å². The zero-order valence-electron chi connectivity index (χ0n) is 21.1. The second-order valence-electron chi connectivity index (χ2n) is 8.96. The number of rotatable bonds is 7. The normalized spacial score (nSPS) is 15.9. The highest BCUT2D eigenvalue weighted by Crippen LogP contribution is 2.39. The van der Waals surface area contributed by atoms with Crippen LogP contribution >= 0.6 is 0 Å². The molecule has 2 aromatic carbocycles. The van der Waals surface area contributed by atoms with Gasteiger partial charge in [0.05, 0.1) is 29.9 Å². The van der Waals surface area contributed by atoms with Crippen molar-refractivity contribution in [3.63, 3.8) is 0 Å². The van der Waals surface area contributed by atoms with E-state index in [4.69, 9.17) is 14.0 Å². The van der Waals surface area contributed by atoms with Gasteiger partial charge < -0.3 is 14.0 Å². The van der Waals surface area contributed by atoms with E-state index in [-0.39, 0.29) is 23.8 Å². The van der Waals surface area contributed by atoms with Crippen molar-refractivity contribution in [2.24, 2.45) is 0 Å². The number of fused-ring (bicyclic) bond motifs is 1. The van der Waals surface area contributed by atoms with Crippen LogP contribution in [0.25, 0.3) is 11.6 Å². The summed E-state index contributed by atoms with van der Waals surface area (Å²) in [4.78, 5) is 11.9. The smallest absolute Gasteiger partial charge is 0.305 e. The van der Waals surface area contributed by atoms with Crippen LogP contribution in [0, 0.1) is 20.8 Å².